The van der Waals surface area contributed by atoms with Crippen molar-refractivity contribution < 1.29 is 27.5 Å². The highest BCUT2D eigenvalue weighted by atomic mass is 79.9. The average Bonchev–Trinajstić information content (AvgIpc) is 3.19. The molecule has 1 fully saturated rings. The van der Waals surface area contributed by atoms with Crippen molar-refractivity contribution in [3.63, 3.8) is 0 Å². The van der Waals surface area contributed by atoms with Crippen LogP contribution in [-0.4, -0.2) is 11.8 Å². The first-order valence-corrected chi connectivity index (χ1v) is 11.1. The van der Waals surface area contributed by atoms with Gasteiger partial charge in [0.1, 0.15) is 6.10 Å². The lowest BCUT2D eigenvalue weighted by molar-refractivity contribution is -0.464. The van der Waals surface area contributed by atoms with Crippen molar-refractivity contribution in [1.82, 2.24) is 0 Å². The molecule has 3 heteroatoms. The minimum Gasteiger partial charge on any atom is -1.00 e. The number of epoxide rings is 1. The van der Waals surface area contributed by atoms with Crippen molar-refractivity contribution in [2.45, 2.75) is 135 Å². The van der Waals surface area contributed by atoms with E-state index in [2.05, 4.69) is 26.5 Å². The quantitative estimate of drug-likeness (QED) is 0.285. The second-order valence-corrected chi connectivity index (χ2v) is 8.43. The van der Waals surface area contributed by atoms with Crippen LogP contribution < -0.4 is 22.7 Å². The fraction of sp³-hybridized carbons (Fsp3) is 1.00. The fourth-order valence-electron chi connectivity index (χ4n) is 4.03. The van der Waals surface area contributed by atoms with E-state index in [-0.39, 0.29) is 22.7 Å². The van der Waals surface area contributed by atoms with Crippen molar-refractivity contribution in [2.24, 2.45) is 5.92 Å². The van der Waals surface area contributed by atoms with E-state index in [1.807, 2.05) is 0 Å². The topological polar surface area (TPSA) is 40.2 Å². The Kier molecular flexibility index (Phi) is 15.7. The van der Waals surface area contributed by atoms with Crippen LogP contribution in [0.3, 0.4) is 0 Å². The van der Waals surface area contributed by atoms with Crippen LogP contribution >= 0.6 is 0 Å². The Balaban J connectivity index is 0.00000576. The highest BCUT2D eigenvalue weighted by Gasteiger charge is 2.57. The van der Waals surface area contributed by atoms with Crippen LogP contribution in [0.15, 0.2) is 0 Å². The van der Waals surface area contributed by atoms with Gasteiger partial charge >= 0.3 is 0 Å². The maximum Gasteiger partial charge on any atom is 0.223 e. The third-order valence-electron chi connectivity index (χ3n) is 5.73. The number of hydrogen-bond acceptors (Lipinski definition) is 1. The first-order chi connectivity index (χ1) is 11.6. The summed E-state index contributed by atoms with van der Waals surface area (Å²) in [7, 11) is 0. The van der Waals surface area contributed by atoms with E-state index in [0.29, 0.717) is 6.10 Å². The number of hydrogen-bond donors (Lipinski definition) is 1. The molecule has 0 aromatic rings. The van der Waals surface area contributed by atoms with Crippen molar-refractivity contribution >= 4 is 0 Å². The largest absolute Gasteiger partial charge is 1.00 e. The summed E-state index contributed by atoms with van der Waals surface area (Å²) in [6.45, 7) is 6.75. The molecule has 152 valence electrons. The molecule has 1 heterocycles. The molecule has 1 aliphatic rings. The summed E-state index contributed by atoms with van der Waals surface area (Å²) < 4.78 is 5.87. The Labute approximate surface area is 168 Å². The SMILES string of the molecule is CCCCCCCCCCC(CCCCCCCC)C1OC1(C)[NH3+].[Br-]. The van der Waals surface area contributed by atoms with Gasteiger partial charge in [0.05, 0.1) is 0 Å². The lowest BCUT2D eigenvalue weighted by Crippen LogP contribution is -3.00. The first kappa shape index (κ1) is 25.4. The van der Waals surface area contributed by atoms with Crippen LogP contribution in [0.25, 0.3) is 0 Å². The van der Waals surface area contributed by atoms with Gasteiger partial charge in [-0.3, -0.25) is 0 Å². The lowest BCUT2D eigenvalue weighted by atomic mass is 9.89. The zero-order valence-electron chi connectivity index (χ0n) is 17.5. The van der Waals surface area contributed by atoms with Gasteiger partial charge in [-0.1, -0.05) is 104 Å². The highest BCUT2D eigenvalue weighted by molar-refractivity contribution is 4.92. The Morgan fingerprint density at radius 3 is 1.36 bits per heavy atom. The van der Waals surface area contributed by atoms with Gasteiger partial charge in [0.2, 0.25) is 5.72 Å². The predicted octanol–water partition coefficient (Wildman–Crippen LogP) is 3.24. The van der Waals surface area contributed by atoms with E-state index in [1.54, 1.807) is 0 Å². The second kappa shape index (κ2) is 15.5. The molecule has 1 saturated heterocycles. The molecule has 0 aromatic carbocycles. The maximum absolute atomic E-state index is 5.87. The first-order valence-electron chi connectivity index (χ1n) is 11.1. The maximum atomic E-state index is 5.87. The Morgan fingerprint density at radius 1 is 0.720 bits per heavy atom. The van der Waals surface area contributed by atoms with Crippen LogP contribution in [0.2, 0.25) is 0 Å². The fourth-order valence-corrected chi connectivity index (χ4v) is 4.03. The van der Waals surface area contributed by atoms with Crippen LogP contribution in [0.4, 0.5) is 0 Å². The summed E-state index contributed by atoms with van der Waals surface area (Å²) in [6.07, 6.45) is 22.9. The molecule has 0 aliphatic carbocycles. The van der Waals surface area contributed by atoms with Crippen LogP contribution in [-0.2, 0) is 4.74 Å². The number of quaternary nitrogens is 1. The van der Waals surface area contributed by atoms with Crippen LogP contribution in [0.1, 0.15) is 124 Å². The van der Waals surface area contributed by atoms with Gasteiger partial charge in [0.25, 0.3) is 0 Å². The van der Waals surface area contributed by atoms with Crippen molar-refractivity contribution in [3.8, 4) is 0 Å². The van der Waals surface area contributed by atoms with E-state index < -0.39 is 0 Å². The Bertz CT molecular complexity index is 296. The van der Waals surface area contributed by atoms with Crippen LogP contribution in [0.5, 0.6) is 0 Å². The van der Waals surface area contributed by atoms with Gasteiger partial charge in [0, 0.05) is 6.92 Å². The molecule has 25 heavy (non-hydrogen) atoms. The summed E-state index contributed by atoms with van der Waals surface area (Å²) in [5.74, 6) is 0.763. The van der Waals surface area contributed by atoms with Gasteiger partial charge in [-0.05, 0) is 18.8 Å². The monoisotopic (exact) mass is 419 g/mol. The van der Waals surface area contributed by atoms with E-state index in [0.717, 1.165) is 5.92 Å². The number of halogens is 1. The molecule has 3 N–H and O–H groups in total. The number of rotatable bonds is 17. The van der Waals surface area contributed by atoms with Gasteiger partial charge < -0.3 is 27.5 Å². The van der Waals surface area contributed by atoms with E-state index in [9.17, 15) is 0 Å². The molecule has 3 atom stereocenters. The summed E-state index contributed by atoms with van der Waals surface area (Å²) in [5.41, 5.74) is 4.14. The molecule has 0 radical (unpaired) electrons. The molecular formula is C22H46BrNO. The lowest BCUT2D eigenvalue weighted by Gasteiger charge is -2.14. The second-order valence-electron chi connectivity index (χ2n) is 8.43. The summed E-state index contributed by atoms with van der Waals surface area (Å²) in [5, 5.41) is 0. The zero-order chi connectivity index (χ0) is 17.7. The smallest absolute Gasteiger partial charge is 0.223 e. The Morgan fingerprint density at radius 2 is 1.04 bits per heavy atom. The average molecular weight is 421 g/mol. The molecule has 3 unspecified atom stereocenters. The summed E-state index contributed by atoms with van der Waals surface area (Å²) in [4.78, 5) is 0. The van der Waals surface area contributed by atoms with Gasteiger partial charge in [0.15, 0.2) is 0 Å². The van der Waals surface area contributed by atoms with Crippen molar-refractivity contribution in [3.05, 3.63) is 0 Å². The summed E-state index contributed by atoms with van der Waals surface area (Å²) in [6, 6.07) is 0. The molecule has 1 rings (SSSR count). The third-order valence-corrected chi connectivity index (χ3v) is 5.73. The minimum atomic E-state index is -0.0764. The number of unbranched alkanes of at least 4 members (excludes halogenated alkanes) is 12. The molecule has 0 aromatic heterocycles. The normalized spacial score (nSPS) is 23.3. The molecule has 0 spiro atoms. The van der Waals surface area contributed by atoms with Crippen molar-refractivity contribution in [1.29, 1.82) is 0 Å². The van der Waals surface area contributed by atoms with E-state index >= 15 is 0 Å². The number of ether oxygens (including phenoxy) is 1. The molecule has 0 bridgehead atoms. The van der Waals surface area contributed by atoms with Gasteiger partial charge in [-0.15, -0.1) is 0 Å². The van der Waals surface area contributed by atoms with Crippen molar-refractivity contribution in [2.75, 3.05) is 0 Å². The molecule has 2 nitrogen and oxygen atoms in total. The Hall–Kier alpha value is 0.400. The highest BCUT2D eigenvalue weighted by Crippen LogP contribution is 2.39. The molecule has 1 aliphatic heterocycles. The third kappa shape index (κ3) is 12.4. The molecule has 0 saturated carbocycles. The molecular weight excluding hydrogens is 374 g/mol. The van der Waals surface area contributed by atoms with Gasteiger partial charge in [-0.25, -0.2) is 0 Å². The van der Waals surface area contributed by atoms with E-state index in [1.165, 1.54) is 103 Å². The predicted molar refractivity (Wildman–Crippen MR) is 105 cm³/mol. The zero-order valence-corrected chi connectivity index (χ0v) is 19.0. The summed E-state index contributed by atoms with van der Waals surface area (Å²) >= 11 is 0. The van der Waals surface area contributed by atoms with Gasteiger partial charge in [-0.2, -0.15) is 0 Å². The van der Waals surface area contributed by atoms with Crippen LogP contribution in [0, 0.1) is 5.92 Å². The van der Waals surface area contributed by atoms with E-state index in [4.69, 9.17) is 4.74 Å². The minimum absolute atomic E-state index is 0. The molecule has 0 amide bonds. The standard InChI is InChI=1S/C22H45NO.BrH/c1-4-6-8-10-12-13-15-17-19-20(21-22(3,23)24-21)18-16-14-11-9-7-5-2;/h20-21H,4-19,23H2,1-3H3;1H.